The van der Waals surface area contributed by atoms with Crippen LogP contribution in [0, 0.1) is 10.1 Å². The van der Waals surface area contributed by atoms with Crippen molar-refractivity contribution in [1.82, 2.24) is 4.90 Å². The maximum absolute atomic E-state index is 11.8. The lowest BCUT2D eigenvalue weighted by molar-refractivity contribution is -0.387. The summed E-state index contributed by atoms with van der Waals surface area (Å²) in [5, 5.41) is 29.0. The number of aliphatic hydroxyl groups is 2. The van der Waals surface area contributed by atoms with Crippen LogP contribution in [0.4, 0.5) is 5.69 Å². The summed E-state index contributed by atoms with van der Waals surface area (Å²) in [6.45, 7) is -0.405. The number of hydrogen-bond acceptors (Lipinski definition) is 6. The van der Waals surface area contributed by atoms with Crippen LogP contribution in [0.15, 0.2) is 23.1 Å². The number of nitro groups is 1. The topological polar surface area (TPSA) is 104 Å². The van der Waals surface area contributed by atoms with Gasteiger partial charge >= 0.3 is 0 Å². The zero-order valence-electron chi connectivity index (χ0n) is 11.1. The number of amides is 1. The van der Waals surface area contributed by atoms with Gasteiger partial charge in [-0.1, -0.05) is 0 Å². The van der Waals surface area contributed by atoms with Crippen LogP contribution in [0.3, 0.4) is 0 Å². The van der Waals surface area contributed by atoms with E-state index in [0.717, 1.165) is 11.8 Å². The summed E-state index contributed by atoms with van der Waals surface area (Å²) in [6.07, 6.45) is -0.942. The zero-order valence-corrected chi connectivity index (χ0v) is 12.0. The van der Waals surface area contributed by atoms with E-state index in [2.05, 4.69) is 0 Å². The highest BCUT2D eigenvalue weighted by Gasteiger charge is 2.19. The molecule has 0 spiro atoms. The van der Waals surface area contributed by atoms with Crippen LogP contribution in [0.1, 0.15) is 10.4 Å². The molecule has 7 nitrogen and oxygen atoms in total. The second-order valence-corrected chi connectivity index (χ2v) is 5.35. The Kier molecular flexibility index (Phi) is 5.93. The Hall–Kier alpha value is -1.64. The first-order chi connectivity index (χ1) is 9.36. The summed E-state index contributed by atoms with van der Waals surface area (Å²) < 4.78 is 0. The van der Waals surface area contributed by atoms with E-state index < -0.39 is 17.6 Å². The quantitative estimate of drug-likeness (QED) is 0.456. The van der Waals surface area contributed by atoms with Gasteiger partial charge in [-0.15, -0.1) is 11.8 Å². The molecule has 0 aliphatic carbocycles. The van der Waals surface area contributed by atoms with Crippen LogP contribution >= 0.6 is 11.8 Å². The molecule has 0 fully saturated rings. The lowest BCUT2D eigenvalue weighted by atomic mass is 10.2. The summed E-state index contributed by atoms with van der Waals surface area (Å²) in [5.74, 6) is -0.182. The molecule has 1 rings (SSSR count). The highest BCUT2D eigenvalue weighted by Crippen LogP contribution is 2.30. The van der Waals surface area contributed by atoms with Crippen molar-refractivity contribution in [3.8, 4) is 0 Å². The molecule has 110 valence electrons. The van der Waals surface area contributed by atoms with Gasteiger partial charge in [-0.3, -0.25) is 14.9 Å². The monoisotopic (exact) mass is 300 g/mol. The molecule has 2 N–H and O–H groups in total. The van der Waals surface area contributed by atoms with Crippen molar-refractivity contribution in [3.63, 3.8) is 0 Å². The van der Waals surface area contributed by atoms with Crippen molar-refractivity contribution < 1.29 is 19.9 Å². The molecular formula is C12H16N2O5S. The maximum atomic E-state index is 11.8. The zero-order chi connectivity index (χ0) is 15.3. The summed E-state index contributed by atoms with van der Waals surface area (Å²) >= 11 is 1.06. The molecule has 0 saturated heterocycles. The average molecular weight is 300 g/mol. The Labute approximate surface area is 120 Å². The van der Waals surface area contributed by atoms with Crippen LogP contribution in [0.25, 0.3) is 0 Å². The summed E-state index contributed by atoms with van der Waals surface area (Å²) in [4.78, 5) is 23.9. The molecule has 20 heavy (non-hydrogen) atoms. The van der Waals surface area contributed by atoms with Gasteiger partial charge in [0.15, 0.2) is 0 Å². The third kappa shape index (κ3) is 4.19. The van der Waals surface area contributed by atoms with Gasteiger partial charge in [0.1, 0.15) is 0 Å². The number of benzene rings is 1. The van der Waals surface area contributed by atoms with Crippen LogP contribution in [-0.4, -0.2) is 58.5 Å². The number of nitro benzene ring substituents is 1. The Morgan fingerprint density at radius 1 is 1.50 bits per heavy atom. The van der Waals surface area contributed by atoms with Crippen molar-refractivity contribution in [1.29, 1.82) is 0 Å². The molecule has 0 saturated carbocycles. The van der Waals surface area contributed by atoms with Gasteiger partial charge in [-0.2, -0.15) is 0 Å². The molecule has 1 atom stereocenters. The van der Waals surface area contributed by atoms with E-state index in [9.17, 15) is 20.0 Å². The highest BCUT2D eigenvalue weighted by molar-refractivity contribution is 7.99. The Morgan fingerprint density at radius 3 is 2.65 bits per heavy atom. The van der Waals surface area contributed by atoms with E-state index in [1.54, 1.807) is 14.1 Å². The molecule has 1 aromatic rings. The van der Waals surface area contributed by atoms with Gasteiger partial charge in [0.2, 0.25) is 0 Å². The normalized spacial score (nSPS) is 12.0. The van der Waals surface area contributed by atoms with E-state index in [1.165, 1.54) is 23.1 Å². The molecule has 0 bridgehead atoms. The van der Waals surface area contributed by atoms with Crippen molar-refractivity contribution in [2.75, 3.05) is 26.5 Å². The smallest absolute Gasteiger partial charge is 0.283 e. The van der Waals surface area contributed by atoms with Crippen LogP contribution in [0.5, 0.6) is 0 Å². The standard InChI is InChI=1S/C12H16N2O5S/c1-13(2)12(17)8-3-4-11(10(5-8)14(18)19)20-7-9(16)6-15/h3-5,9,15-16H,6-7H2,1-2H3. The van der Waals surface area contributed by atoms with Gasteiger partial charge in [0.05, 0.1) is 22.5 Å². The number of aliphatic hydroxyl groups excluding tert-OH is 2. The van der Waals surface area contributed by atoms with Crippen LogP contribution < -0.4 is 0 Å². The van der Waals surface area contributed by atoms with E-state index in [-0.39, 0.29) is 22.9 Å². The third-order valence-electron chi connectivity index (χ3n) is 2.45. The minimum absolute atomic E-state index is 0.137. The summed E-state index contributed by atoms with van der Waals surface area (Å²) in [6, 6.07) is 4.20. The predicted molar refractivity (Wildman–Crippen MR) is 74.9 cm³/mol. The van der Waals surface area contributed by atoms with Crippen molar-refractivity contribution in [2.24, 2.45) is 0 Å². The molecule has 0 heterocycles. The van der Waals surface area contributed by atoms with Gasteiger partial charge in [-0.05, 0) is 12.1 Å². The second kappa shape index (κ2) is 7.22. The highest BCUT2D eigenvalue weighted by atomic mass is 32.2. The number of thioether (sulfide) groups is 1. The van der Waals surface area contributed by atoms with E-state index in [4.69, 9.17) is 5.11 Å². The average Bonchev–Trinajstić information content (AvgIpc) is 2.43. The summed E-state index contributed by atoms with van der Waals surface area (Å²) in [7, 11) is 3.13. The van der Waals surface area contributed by atoms with Crippen molar-refractivity contribution in [3.05, 3.63) is 33.9 Å². The number of nitrogens with zero attached hydrogens (tertiary/aromatic N) is 2. The molecule has 0 radical (unpaired) electrons. The van der Waals surface area contributed by atoms with Crippen molar-refractivity contribution >= 4 is 23.4 Å². The predicted octanol–water partition coefficient (Wildman–Crippen LogP) is 0.742. The molecule has 0 aromatic heterocycles. The Bertz CT molecular complexity index is 507. The lowest BCUT2D eigenvalue weighted by Gasteiger charge is -2.11. The second-order valence-electron chi connectivity index (χ2n) is 4.29. The molecule has 0 aliphatic heterocycles. The van der Waals surface area contributed by atoms with Gasteiger partial charge in [0.25, 0.3) is 11.6 Å². The van der Waals surface area contributed by atoms with Crippen molar-refractivity contribution in [2.45, 2.75) is 11.0 Å². The minimum Gasteiger partial charge on any atom is -0.394 e. The molecule has 1 aromatic carbocycles. The third-order valence-corrected chi connectivity index (χ3v) is 3.66. The number of carbonyl (C=O) groups is 1. The van der Waals surface area contributed by atoms with Crippen LogP contribution in [-0.2, 0) is 0 Å². The SMILES string of the molecule is CN(C)C(=O)c1ccc(SCC(O)CO)c([N+](=O)[O-])c1. The first-order valence-electron chi connectivity index (χ1n) is 5.78. The van der Waals surface area contributed by atoms with Gasteiger partial charge < -0.3 is 15.1 Å². The molecular weight excluding hydrogens is 284 g/mol. The number of hydrogen-bond donors (Lipinski definition) is 2. The summed E-state index contributed by atoms with van der Waals surface area (Å²) in [5.41, 5.74) is 0.0431. The largest absolute Gasteiger partial charge is 0.394 e. The first kappa shape index (κ1) is 16.4. The fraction of sp³-hybridized carbons (Fsp3) is 0.417. The van der Waals surface area contributed by atoms with Gasteiger partial charge in [0, 0.05) is 31.5 Å². The van der Waals surface area contributed by atoms with E-state index in [1.807, 2.05) is 0 Å². The molecule has 1 amide bonds. The van der Waals surface area contributed by atoms with Gasteiger partial charge in [-0.25, -0.2) is 0 Å². The molecule has 0 aliphatic rings. The Morgan fingerprint density at radius 2 is 2.15 bits per heavy atom. The van der Waals surface area contributed by atoms with Crippen LogP contribution in [0.2, 0.25) is 0 Å². The Balaban J connectivity index is 3.02. The van der Waals surface area contributed by atoms with E-state index >= 15 is 0 Å². The fourth-order valence-corrected chi connectivity index (χ4v) is 2.33. The first-order valence-corrected chi connectivity index (χ1v) is 6.77. The maximum Gasteiger partial charge on any atom is 0.283 e. The molecule has 8 heteroatoms. The number of carbonyl (C=O) groups excluding carboxylic acids is 1. The lowest BCUT2D eigenvalue weighted by Crippen LogP contribution is -2.21. The fourth-order valence-electron chi connectivity index (χ4n) is 1.41. The number of rotatable bonds is 6. The van der Waals surface area contributed by atoms with E-state index in [0.29, 0.717) is 4.90 Å². The molecule has 1 unspecified atom stereocenters. The minimum atomic E-state index is -0.942.